The highest BCUT2D eigenvalue weighted by molar-refractivity contribution is 5.84. The van der Waals surface area contributed by atoms with Gasteiger partial charge in [-0.25, -0.2) is 8.78 Å². The number of nitrogens with zero attached hydrogens (tertiary/aromatic N) is 3. The Kier molecular flexibility index (Phi) is 5.94. The molecule has 2 heterocycles. The summed E-state index contributed by atoms with van der Waals surface area (Å²) in [6, 6.07) is 5.11. The molecule has 32 heavy (non-hydrogen) atoms. The summed E-state index contributed by atoms with van der Waals surface area (Å²) in [6.07, 6.45) is -3.37. The maximum Gasteiger partial charge on any atom is 0.393 e. The van der Waals surface area contributed by atoms with Crippen molar-refractivity contribution >= 4 is 5.91 Å². The predicted octanol–water partition coefficient (Wildman–Crippen LogP) is 5.45. The second-order valence-corrected chi connectivity index (χ2v) is 8.96. The van der Waals surface area contributed by atoms with Gasteiger partial charge in [0.25, 0.3) is 0 Å². The van der Waals surface area contributed by atoms with Crippen LogP contribution < -0.4 is 0 Å². The molecule has 1 fully saturated rings. The number of fused-ring (bicyclic) bond motifs is 1. The molecule has 1 aliphatic carbocycles. The minimum absolute atomic E-state index is 0.000337. The van der Waals surface area contributed by atoms with Gasteiger partial charge in [0.15, 0.2) is 0 Å². The van der Waals surface area contributed by atoms with E-state index in [9.17, 15) is 26.7 Å². The summed E-state index contributed by atoms with van der Waals surface area (Å²) < 4.78 is 67.8. The molecule has 1 amide bonds. The molecule has 1 aliphatic heterocycles. The van der Waals surface area contributed by atoms with Crippen LogP contribution >= 0.6 is 0 Å². The maximum atomic E-state index is 14.3. The first-order valence-electron chi connectivity index (χ1n) is 10.7. The lowest BCUT2D eigenvalue weighted by atomic mass is 9.74. The lowest BCUT2D eigenvalue weighted by Gasteiger charge is -2.34. The molecule has 0 spiro atoms. The zero-order chi connectivity index (χ0) is 23.2. The van der Waals surface area contributed by atoms with E-state index in [1.807, 2.05) is 13.8 Å². The van der Waals surface area contributed by atoms with Gasteiger partial charge in [0.2, 0.25) is 5.91 Å². The normalized spacial score (nSPS) is 23.5. The van der Waals surface area contributed by atoms with Crippen molar-refractivity contribution < 1.29 is 26.7 Å². The van der Waals surface area contributed by atoms with Crippen LogP contribution in [-0.4, -0.2) is 40.3 Å². The molecular formula is C23H24F5N3O. The molecule has 172 valence electrons. The zero-order valence-electron chi connectivity index (χ0n) is 17.8. The quantitative estimate of drug-likeness (QED) is 0.581. The van der Waals surface area contributed by atoms with Crippen molar-refractivity contribution in [2.45, 2.75) is 51.1 Å². The van der Waals surface area contributed by atoms with Crippen molar-refractivity contribution in [2.75, 3.05) is 13.1 Å². The number of carbonyl (C=O) groups is 1. The van der Waals surface area contributed by atoms with E-state index in [0.717, 1.165) is 12.1 Å². The summed E-state index contributed by atoms with van der Waals surface area (Å²) in [5, 5.41) is 8.21. The molecule has 3 atom stereocenters. The van der Waals surface area contributed by atoms with Crippen molar-refractivity contribution in [3.8, 4) is 11.3 Å². The monoisotopic (exact) mass is 453 g/mol. The maximum absolute atomic E-state index is 14.3. The Balaban J connectivity index is 1.69. The second kappa shape index (κ2) is 8.41. The standard InChI is InChI=1S/C23H24F5N3O/c1-12(2)14-6-7-15(22(32)31-9-8-13(11-31)23(26,27)28)21-16(14)10-19(29-30-21)20-17(24)4-3-5-18(20)25/h3-5,10,12-15H,6-9,11H2,1-2H3/t13?,14-,15?/m0/s1. The number of hydrogen-bond donors (Lipinski definition) is 0. The van der Waals surface area contributed by atoms with Gasteiger partial charge in [0.05, 0.1) is 28.8 Å². The minimum atomic E-state index is -4.33. The van der Waals surface area contributed by atoms with E-state index < -0.39 is 29.6 Å². The number of carbonyl (C=O) groups excluding carboxylic acids is 1. The SMILES string of the molecule is CC(C)[C@@H]1CCC(C(=O)N2CCC(C(F)(F)F)C2)c2nnc(-c3c(F)cccc3F)cc21. The highest BCUT2D eigenvalue weighted by Gasteiger charge is 2.46. The molecule has 0 N–H and O–H groups in total. The van der Waals surface area contributed by atoms with E-state index in [-0.39, 0.29) is 48.5 Å². The molecular weight excluding hydrogens is 429 g/mol. The fourth-order valence-corrected chi connectivity index (χ4v) is 4.87. The van der Waals surface area contributed by atoms with Crippen LogP contribution in [-0.2, 0) is 4.79 Å². The van der Waals surface area contributed by atoms with Gasteiger partial charge < -0.3 is 4.90 Å². The Morgan fingerprint density at radius 2 is 1.78 bits per heavy atom. The van der Waals surface area contributed by atoms with E-state index in [0.29, 0.717) is 24.1 Å². The molecule has 4 nitrogen and oxygen atoms in total. The summed E-state index contributed by atoms with van der Waals surface area (Å²) in [5.41, 5.74) is 0.836. The van der Waals surface area contributed by atoms with Gasteiger partial charge in [-0.15, -0.1) is 5.10 Å². The van der Waals surface area contributed by atoms with E-state index in [2.05, 4.69) is 10.2 Å². The average Bonchev–Trinajstić information content (AvgIpc) is 3.23. The van der Waals surface area contributed by atoms with Crippen molar-refractivity contribution in [1.29, 1.82) is 0 Å². The summed E-state index contributed by atoms with van der Waals surface area (Å²) in [4.78, 5) is 14.4. The minimum Gasteiger partial charge on any atom is -0.341 e. The Morgan fingerprint density at radius 1 is 1.09 bits per heavy atom. The first kappa shape index (κ1) is 22.6. The van der Waals surface area contributed by atoms with Crippen LogP contribution in [0.5, 0.6) is 0 Å². The number of hydrogen-bond acceptors (Lipinski definition) is 3. The van der Waals surface area contributed by atoms with Gasteiger partial charge in [-0.2, -0.15) is 18.3 Å². The Morgan fingerprint density at radius 3 is 2.38 bits per heavy atom. The Hall–Kier alpha value is -2.58. The van der Waals surface area contributed by atoms with Crippen LogP contribution in [0.3, 0.4) is 0 Å². The number of benzene rings is 1. The van der Waals surface area contributed by atoms with Gasteiger partial charge in [-0.3, -0.25) is 4.79 Å². The van der Waals surface area contributed by atoms with Gasteiger partial charge in [-0.05, 0) is 54.9 Å². The molecule has 2 unspecified atom stereocenters. The van der Waals surface area contributed by atoms with Gasteiger partial charge in [-0.1, -0.05) is 19.9 Å². The summed E-state index contributed by atoms with van der Waals surface area (Å²) in [6.45, 7) is 3.71. The Bertz CT molecular complexity index is 1000. The number of aromatic nitrogens is 2. The third kappa shape index (κ3) is 4.09. The molecule has 9 heteroatoms. The number of rotatable bonds is 3. The second-order valence-electron chi connectivity index (χ2n) is 8.96. The number of likely N-dealkylation sites (tertiary alicyclic amines) is 1. The van der Waals surface area contributed by atoms with E-state index in [1.165, 1.54) is 11.0 Å². The van der Waals surface area contributed by atoms with E-state index in [1.54, 1.807) is 6.07 Å². The first-order chi connectivity index (χ1) is 15.1. The summed E-state index contributed by atoms with van der Waals surface area (Å²) in [5.74, 6) is -3.97. The summed E-state index contributed by atoms with van der Waals surface area (Å²) in [7, 11) is 0. The van der Waals surface area contributed by atoms with Crippen LogP contribution in [0.15, 0.2) is 24.3 Å². The largest absolute Gasteiger partial charge is 0.393 e. The molecule has 0 saturated carbocycles. The van der Waals surface area contributed by atoms with E-state index >= 15 is 0 Å². The van der Waals surface area contributed by atoms with Gasteiger partial charge in [0.1, 0.15) is 11.6 Å². The lowest BCUT2D eigenvalue weighted by Crippen LogP contribution is -2.37. The van der Waals surface area contributed by atoms with Crippen LogP contribution in [0.2, 0.25) is 0 Å². The third-order valence-electron chi connectivity index (χ3n) is 6.63. The third-order valence-corrected chi connectivity index (χ3v) is 6.63. The molecule has 2 aromatic rings. The van der Waals surface area contributed by atoms with Crippen LogP contribution in [0, 0.1) is 23.5 Å². The topological polar surface area (TPSA) is 46.1 Å². The smallest absolute Gasteiger partial charge is 0.341 e. The molecule has 1 saturated heterocycles. The number of alkyl halides is 3. The molecule has 0 radical (unpaired) electrons. The molecule has 1 aromatic heterocycles. The van der Waals surface area contributed by atoms with Crippen LogP contribution in [0.1, 0.15) is 56.2 Å². The molecule has 0 bridgehead atoms. The van der Waals surface area contributed by atoms with Gasteiger partial charge >= 0.3 is 6.18 Å². The fraction of sp³-hybridized carbons (Fsp3) is 0.522. The first-order valence-corrected chi connectivity index (χ1v) is 10.7. The van der Waals surface area contributed by atoms with E-state index in [4.69, 9.17) is 0 Å². The zero-order valence-corrected chi connectivity index (χ0v) is 17.8. The summed E-state index contributed by atoms with van der Waals surface area (Å²) >= 11 is 0. The predicted molar refractivity (Wildman–Crippen MR) is 108 cm³/mol. The van der Waals surface area contributed by atoms with Crippen molar-refractivity contribution in [1.82, 2.24) is 15.1 Å². The van der Waals surface area contributed by atoms with Crippen molar-refractivity contribution in [3.63, 3.8) is 0 Å². The van der Waals surface area contributed by atoms with Crippen LogP contribution in [0.25, 0.3) is 11.3 Å². The van der Waals surface area contributed by atoms with Crippen LogP contribution in [0.4, 0.5) is 22.0 Å². The van der Waals surface area contributed by atoms with Gasteiger partial charge in [0, 0.05) is 13.1 Å². The lowest BCUT2D eigenvalue weighted by molar-refractivity contribution is -0.171. The number of amides is 1. The Labute approximate surface area is 182 Å². The molecule has 4 rings (SSSR count). The molecule has 1 aromatic carbocycles. The highest BCUT2D eigenvalue weighted by atomic mass is 19.4. The van der Waals surface area contributed by atoms with Crippen molar-refractivity contribution in [3.05, 3.63) is 47.2 Å². The molecule has 2 aliphatic rings. The average molecular weight is 453 g/mol. The highest BCUT2D eigenvalue weighted by Crippen LogP contribution is 2.44. The van der Waals surface area contributed by atoms with Crippen molar-refractivity contribution in [2.24, 2.45) is 11.8 Å². The number of halogens is 5. The fourth-order valence-electron chi connectivity index (χ4n) is 4.87.